The molecule has 0 saturated heterocycles. The summed E-state index contributed by atoms with van der Waals surface area (Å²) in [6.45, 7) is 3.91. The summed E-state index contributed by atoms with van der Waals surface area (Å²) in [5.74, 6) is -0.400. The van der Waals surface area contributed by atoms with Crippen molar-refractivity contribution in [1.82, 2.24) is 0 Å². The van der Waals surface area contributed by atoms with Gasteiger partial charge < -0.3 is 10.4 Å². The Morgan fingerprint density at radius 2 is 1.85 bits per heavy atom. The van der Waals surface area contributed by atoms with Crippen molar-refractivity contribution < 1.29 is 9.90 Å². The first-order valence-electron chi connectivity index (χ1n) is 5.95. The molecule has 0 aliphatic heterocycles. The molecule has 0 unspecified atom stereocenters. The Labute approximate surface area is 134 Å². The Morgan fingerprint density at radius 1 is 1.15 bits per heavy atom. The third kappa shape index (κ3) is 3.22. The van der Waals surface area contributed by atoms with Crippen molar-refractivity contribution in [2.24, 2.45) is 0 Å². The molecule has 0 radical (unpaired) electrons. The van der Waals surface area contributed by atoms with Gasteiger partial charge in [0.05, 0.1) is 11.3 Å². The number of amides is 1. The Balaban J connectivity index is 2.35. The molecule has 20 heavy (non-hydrogen) atoms. The van der Waals surface area contributed by atoms with E-state index in [9.17, 15) is 9.90 Å². The van der Waals surface area contributed by atoms with Crippen LogP contribution in [0.3, 0.4) is 0 Å². The van der Waals surface area contributed by atoms with Crippen molar-refractivity contribution >= 4 is 43.5 Å². The van der Waals surface area contributed by atoms with E-state index in [0.29, 0.717) is 5.69 Å². The first-order chi connectivity index (χ1) is 9.38. The zero-order valence-electron chi connectivity index (χ0n) is 11.0. The number of phenolic OH excluding ortho intramolecular Hbond substituents is 1. The summed E-state index contributed by atoms with van der Waals surface area (Å²) >= 11 is 6.73. The fourth-order valence-corrected chi connectivity index (χ4v) is 3.08. The molecule has 2 aromatic carbocycles. The molecule has 3 nitrogen and oxygen atoms in total. The second-order valence-electron chi connectivity index (χ2n) is 4.55. The average Bonchev–Trinajstić information content (AvgIpc) is 2.36. The molecule has 2 rings (SSSR count). The lowest BCUT2D eigenvalue weighted by Gasteiger charge is -2.12. The Kier molecular flexibility index (Phi) is 4.50. The number of nitrogens with one attached hydrogen (secondary N) is 1. The molecule has 0 saturated carbocycles. The maximum atomic E-state index is 12.3. The molecule has 0 aliphatic rings. The van der Waals surface area contributed by atoms with Crippen LogP contribution >= 0.6 is 31.9 Å². The molecule has 5 heteroatoms. The molecule has 2 aromatic rings. The maximum Gasteiger partial charge on any atom is 0.259 e. The summed E-state index contributed by atoms with van der Waals surface area (Å²) in [6.07, 6.45) is 0. The topological polar surface area (TPSA) is 49.3 Å². The van der Waals surface area contributed by atoms with Gasteiger partial charge in [0.2, 0.25) is 0 Å². The van der Waals surface area contributed by atoms with Gasteiger partial charge in [-0.05, 0) is 65.2 Å². The second kappa shape index (κ2) is 5.97. The highest BCUT2D eigenvalue weighted by atomic mass is 79.9. The Hall–Kier alpha value is -1.33. The standard InChI is InChI=1S/C15H13Br2NO2/c1-8-5-9(2)14(12(17)6-8)18-15(20)11-7-10(16)3-4-13(11)19/h3-7,19H,1-2H3,(H,18,20). The molecule has 0 aliphatic carbocycles. The van der Waals surface area contributed by atoms with Gasteiger partial charge in [-0.15, -0.1) is 0 Å². The first kappa shape index (κ1) is 15.1. The van der Waals surface area contributed by atoms with Gasteiger partial charge in [-0.3, -0.25) is 4.79 Å². The van der Waals surface area contributed by atoms with Crippen LogP contribution in [0.15, 0.2) is 39.3 Å². The second-order valence-corrected chi connectivity index (χ2v) is 6.32. The minimum absolute atomic E-state index is 0.0495. The number of anilines is 1. The minimum Gasteiger partial charge on any atom is -0.507 e. The third-order valence-electron chi connectivity index (χ3n) is 2.87. The highest BCUT2D eigenvalue weighted by Gasteiger charge is 2.14. The molecule has 0 spiro atoms. The van der Waals surface area contributed by atoms with Crippen LogP contribution in [0.1, 0.15) is 21.5 Å². The Morgan fingerprint density at radius 3 is 2.50 bits per heavy atom. The van der Waals surface area contributed by atoms with E-state index in [4.69, 9.17) is 0 Å². The Bertz CT molecular complexity index is 661. The van der Waals surface area contributed by atoms with Gasteiger partial charge in [-0.2, -0.15) is 0 Å². The van der Waals surface area contributed by atoms with Crippen molar-refractivity contribution in [1.29, 1.82) is 0 Å². The fraction of sp³-hybridized carbons (Fsp3) is 0.133. The van der Waals surface area contributed by atoms with Gasteiger partial charge in [-0.1, -0.05) is 22.0 Å². The van der Waals surface area contributed by atoms with Gasteiger partial charge in [-0.25, -0.2) is 0 Å². The third-order valence-corrected chi connectivity index (χ3v) is 3.99. The zero-order chi connectivity index (χ0) is 14.9. The van der Waals surface area contributed by atoms with Crippen LogP contribution in [-0.2, 0) is 0 Å². The number of phenols is 1. The van der Waals surface area contributed by atoms with Crippen LogP contribution in [0.4, 0.5) is 5.69 Å². The minimum atomic E-state index is -0.351. The number of halogens is 2. The van der Waals surface area contributed by atoms with Crippen LogP contribution in [0.5, 0.6) is 5.75 Å². The molecular weight excluding hydrogens is 386 g/mol. The van der Waals surface area contributed by atoms with Crippen LogP contribution in [0.2, 0.25) is 0 Å². The van der Waals surface area contributed by atoms with E-state index in [0.717, 1.165) is 20.1 Å². The fourth-order valence-electron chi connectivity index (χ4n) is 1.95. The molecule has 0 heterocycles. The predicted octanol–water partition coefficient (Wildman–Crippen LogP) is 4.79. The van der Waals surface area contributed by atoms with E-state index in [1.165, 1.54) is 6.07 Å². The highest BCUT2D eigenvalue weighted by molar-refractivity contribution is 9.10. The summed E-state index contributed by atoms with van der Waals surface area (Å²) in [5, 5.41) is 12.6. The molecular formula is C15H13Br2NO2. The SMILES string of the molecule is Cc1cc(C)c(NC(=O)c2cc(Br)ccc2O)c(Br)c1. The van der Waals surface area contributed by atoms with Crippen molar-refractivity contribution in [3.63, 3.8) is 0 Å². The number of rotatable bonds is 2. The van der Waals surface area contributed by atoms with Crippen molar-refractivity contribution in [3.05, 3.63) is 56.0 Å². The number of carbonyl (C=O) groups is 1. The smallest absolute Gasteiger partial charge is 0.259 e. The van der Waals surface area contributed by atoms with E-state index in [2.05, 4.69) is 37.2 Å². The molecule has 104 valence electrons. The quantitative estimate of drug-likeness (QED) is 0.764. The number of aromatic hydroxyl groups is 1. The van der Waals surface area contributed by atoms with Gasteiger partial charge in [0, 0.05) is 8.95 Å². The van der Waals surface area contributed by atoms with Gasteiger partial charge in [0.1, 0.15) is 5.75 Å². The lowest BCUT2D eigenvalue weighted by Crippen LogP contribution is -2.13. The number of benzene rings is 2. The normalized spacial score (nSPS) is 10.4. The summed E-state index contributed by atoms with van der Waals surface area (Å²) < 4.78 is 1.55. The van der Waals surface area contributed by atoms with Gasteiger partial charge in [0.25, 0.3) is 5.91 Å². The lowest BCUT2D eigenvalue weighted by atomic mass is 10.1. The monoisotopic (exact) mass is 397 g/mol. The molecule has 2 N–H and O–H groups in total. The van der Waals surface area contributed by atoms with E-state index >= 15 is 0 Å². The molecule has 0 bridgehead atoms. The van der Waals surface area contributed by atoms with E-state index in [1.54, 1.807) is 12.1 Å². The van der Waals surface area contributed by atoms with E-state index < -0.39 is 0 Å². The number of hydrogen-bond donors (Lipinski definition) is 2. The highest BCUT2D eigenvalue weighted by Crippen LogP contribution is 2.29. The first-order valence-corrected chi connectivity index (χ1v) is 7.53. The summed E-state index contributed by atoms with van der Waals surface area (Å²) in [4.78, 5) is 12.3. The summed E-state index contributed by atoms with van der Waals surface area (Å²) in [6, 6.07) is 8.67. The summed E-state index contributed by atoms with van der Waals surface area (Å²) in [7, 11) is 0. The number of aryl methyl sites for hydroxylation is 2. The molecule has 1 amide bonds. The van der Waals surface area contributed by atoms with E-state index in [1.807, 2.05) is 26.0 Å². The largest absolute Gasteiger partial charge is 0.507 e. The van der Waals surface area contributed by atoms with Crippen LogP contribution in [0, 0.1) is 13.8 Å². The molecule has 0 aromatic heterocycles. The van der Waals surface area contributed by atoms with Crippen molar-refractivity contribution in [2.75, 3.05) is 5.32 Å². The maximum absolute atomic E-state index is 12.3. The van der Waals surface area contributed by atoms with E-state index in [-0.39, 0.29) is 17.2 Å². The zero-order valence-corrected chi connectivity index (χ0v) is 14.2. The number of hydrogen-bond acceptors (Lipinski definition) is 2. The predicted molar refractivity (Wildman–Crippen MR) is 87.4 cm³/mol. The molecule has 0 atom stereocenters. The van der Waals surface area contributed by atoms with Gasteiger partial charge >= 0.3 is 0 Å². The average molecular weight is 399 g/mol. The van der Waals surface area contributed by atoms with Crippen LogP contribution < -0.4 is 5.32 Å². The number of carbonyl (C=O) groups excluding carboxylic acids is 1. The van der Waals surface area contributed by atoms with Crippen LogP contribution in [-0.4, -0.2) is 11.0 Å². The summed E-state index contributed by atoms with van der Waals surface area (Å²) in [5.41, 5.74) is 3.00. The van der Waals surface area contributed by atoms with Crippen LogP contribution in [0.25, 0.3) is 0 Å². The molecule has 0 fully saturated rings. The van der Waals surface area contributed by atoms with Crippen molar-refractivity contribution in [2.45, 2.75) is 13.8 Å². The van der Waals surface area contributed by atoms with Crippen molar-refractivity contribution in [3.8, 4) is 5.75 Å². The van der Waals surface area contributed by atoms with Gasteiger partial charge in [0.15, 0.2) is 0 Å². The lowest BCUT2D eigenvalue weighted by molar-refractivity contribution is 0.102.